The molecule has 0 atom stereocenters. The molecule has 3 heteroatoms. The molecule has 0 amide bonds. The molecule has 0 aromatic heterocycles. The number of para-hydroxylation sites is 1. The van der Waals surface area contributed by atoms with Gasteiger partial charge in [-0.2, -0.15) is 0 Å². The molecular formula is C10H14N2S. The smallest absolute Gasteiger partial charge is 0.159 e. The minimum atomic E-state index is 0.636. The van der Waals surface area contributed by atoms with Crippen LogP contribution in [-0.4, -0.2) is 10.9 Å². The van der Waals surface area contributed by atoms with Gasteiger partial charge in [0.1, 0.15) is 0 Å². The average Bonchev–Trinajstić information content (AvgIpc) is 2.09. The van der Waals surface area contributed by atoms with Crippen LogP contribution in [-0.2, 0) is 0 Å². The second-order valence-corrected chi connectivity index (χ2v) is 3.95. The fourth-order valence-electron chi connectivity index (χ4n) is 0.988. The third-order valence-corrected chi connectivity index (χ3v) is 2.31. The zero-order valence-corrected chi connectivity index (χ0v) is 8.77. The molecule has 0 aliphatic rings. The van der Waals surface area contributed by atoms with Crippen molar-refractivity contribution in [3.63, 3.8) is 0 Å². The predicted octanol–water partition coefficient (Wildman–Crippen LogP) is 2.69. The summed E-state index contributed by atoms with van der Waals surface area (Å²) in [4.78, 5) is 4.31. The molecule has 0 aliphatic carbocycles. The first-order valence-corrected chi connectivity index (χ1v) is 5.25. The lowest BCUT2D eigenvalue weighted by Crippen LogP contribution is -2.05. The van der Waals surface area contributed by atoms with Gasteiger partial charge in [0.25, 0.3) is 0 Å². The molecule has 70 valence electrons. The molecule has 2 N–H and O–H groups in total. The first kappa shape index (κ1) is 10.1. The molecule has 0 aliphatic heterocycles. The van der Waals surface area contributed by atoms with Crippen molar-refractivity contribution in [3.8, 4) is 0 Å². The van der Waals surface area contributed by atoms with E-state index in [2.05, 4.69) is 11.9 Å². The van der Waals surface area contributed by atoms with Crippen molar-refractivity contribution >= 4 is 22.6 Å². The van der Waals surface area contributed by atoms with Crippen molar-refractivity contribution in [2.24, 2.45) is 10.7 Å². The van der Waals surface area contributed by atoms with Gasteiger partial charge in [-0.15, -0.1) is 0 Å². The summed E-state index contributed by atoms with van der Waals surface area (Å²) < 4.78 is 0. The molecule has 0 unspecified atom stereocenters. The van der Waals surface area contributed by atoms with E-state index in [1.807, 2.05) is 31.2 Å². The Balaban J connectivity index is 2.84. The van der Waals surface area contributed by atoms with Crippen LogP contribution in [0, 0.1) is 6.92 Å². The number of benzene rings is 1. The highest BCUT2D eigenvalue weighted by Gasteiger charge is 1.95. The number of aliphatic imine (C=N–C) groups is 1. The molecule has 1 aromatic carbocycles. The highest BCUT2D eigenvalue weighted by Crippen LogP contribution is 2.18. The van der Waals surface area contributed by atoms with E-state index in [9.17, 15) is 0 Å². The Bertz CT molecular complexity index is 308. The maximum atomic E-state index is 5.70. The standard InChI is InChI=1S/C10H14N2S/c1-3-13-10(11)12-9-7-5-4-6-8(9)2/h4-7H,3H2,1-2H3,(H2,11,12). The van der Waals surface area contributed by atoms with E-state index < -0.39 is 0 Å². The van der Waals surface area contributed by atoms with E-state index in [1.54, 1.807) is 11.8 Å². The maximum absolute atomic E-state index is 5.70. The number of amidine groups is 1. The summed E-state index contributed by atoms with van der Waals surface area (Å²) in [7, 11) is 0. The molecule has 0 heterocycles. The van der Waals surface area contributed by atoms with Crippen molar-refractivity contribution in [3.05, 3.63) is 29.8 Å². The third-order valence-electron chi connectivity index (χ3n) is 1.64. The summed E-state index contributed by atoms with van der Waals surface area (Å²) in [5, 5.41) is 0.636. The summed E-state index contributed by atoms with van der Waals surface area (Å²) in [6.45, 7) is 4.09. The van der Waals surface area contributed by atoms with Crippen molar-refractivity contribution in [2.75, 3.05) is 5.75 Å². The van der Waals surface area contributed by atoms with Gasteiger partial charge in [0.2, 0.25) is 0 Å². The Morgan fingerprint density at radius 2 is 2.15 bits per heavy atom. The highest BCUT2D eigenvalue weighted by molar-refractivity contribution is 8.13. The first-order valence-electron chi connectivity index (χ1n) is 4.26. The number of aryl methyl sites for hydroxylation is 1. The Kier molecular flexibility index (Phi) is 3.83. The molecule has 1 aromatic rings. The van der Waals surface area contributed by atoms with E-state index in [-0.39, 0.29) is 0 Å². The summed E-state index contributed by atoms with van der Waals surface area (Å²) in [5.41, 5.74) is 7.81. The lowest BCUT2D eigenvalue weighted by Gasteiger charge is -2.00. The van der Waals surface area contributed by atoms with Crippen molar-refractivity contribution in [1.82, 2.24) is 0 Å². The highest BCUT2D eigenvalue weighted by atomic mass is 32.2. The molecule has 0 saturated carbocycles. The van der Waals surface area contributed by atoms with E-state index in [4.69, 9.17) is 5.73 Å². The predicted molar refractivity (Wildman–Crippen MR) is 60.6 cm³/mol. The van der Waals surface area contributed by atoms with Gasteiger partial charge in [-0.3, -0.25) is 0 Å². The van der Waals surface area contributed by atoms with Crippen LogP contribution in [0.4, 0.5) is 5.69 Å². The molecule has 2 nitrogen and oxygen atoms in total. The maximum Gasteiger partial charge on any atom is 0.159 e. The van der Waals surface area contributed by atoms with Gasteiger partial charge >= 0.3 is 0 Å². The van der Waals surface area contributed by atoms with Crippen molar-refractivity contribution < 1.29 is 0 Å². The number of thioether (sulfide) groups is 1. The van der Waals surface area contributed by atoms with Crippen LogP contribution in [0.2, 0.25) is 0 Å². The Morgan fingerprint density at radius 1 is 1.46 bits per heavy atom. The van der Waals surface area contributed by atoms with Gasteiger partial charge in [0.05, 0.1) is 5.69 Å². The van der Waals surface area contributed by atoms with Crippen LogP contribution in [0.15, 0.2) is 29.3 Å². The molecule has 13 heavy (non-hydrogen) atoms. The lowest BCUT2D eigenvalue weighted by atomic mass is 10.2. The Morgan fingerprint density at radius 3 is 2.77 bits per heavy atom. The summed E-state index contributed by atoms with van der Waals surface area (Å²) >= 11 is 1.56. The summed E-state index contributed by atoms with van der Waals surface area (Å²) in [5.74, 6) is 0.960. The van der Waals surface area contributed by atoms with Crippen LogP contribution < -0.4 is 5.73 Å². The summed E-state index contributed by atoms with van der Waals surface area (Å²) in [6.07, 6.45) is 0. The van der Waals surface area contributed by atoms with Gasteiger partial charge in [0.15, 0.2) is 5.17 Å². The number of rotatable bonds is 2. The normalized spacial score (nSPS) is 11.7. The Labute approximate surface area is 83.2 Å². The molecule has 0 bridgehead atoms. The van der Waals surface area contributed by atoms with Gasteiger partial charge in [-0.25, -0.2) is 4.99 Å². The van der Waals surface area contributed by atoms with Gasteiger partial charge in [0, 0.05) is 0 Å². The number of hydrogen-bond acceptors (Lipinski definition) is 2. The second-order valence-electron chi connectivity index (χ2n) is 2.67. The first-order chi connectivity index (χ1) is 6.24. The number of nitrogens with zero attached hydrogens (tertiary/aromatic N) is 1. The molecule has 0 fully saturated rings. The lowest BCUT2D eigenvalue weighted by molar-refractivity contribution is 1.39. The largest absolute Gasteiger partial charge is 0.378 e. The molecular weight excluding hydrogens is 180 g/mol. The molecule has 1 rings (SSSR count). The van der Waals surface area contributed by atoms with E-state index in [0.29, 0.717) is 5.17 Å². The quantitative estimate of drug-likeness (QED) is 0.580. The summed E-state index contributed by atoms with van der Waals surface area (Å²) in [6, 6.07) is 7.97. The van der Waals surface area contributed by atoms with Crippen LogP contribution in [0.5, 0.6) is 0 Å². The van der Waals surface area contributed by atoms with E-state index in [1.165, 1.54) is 0 Å². The third kappa shape index (κ3) is 3.11. The van der Waals surface area contributed by atoms with Gasteiger partial charge in [-0.1, -0.05) is 36.9 Å². The van der Waals surface area contributed by atoms with E-state index in [0.717, 1.165) is 17.0 Å². The number of nitrogens with two attached hydrogens (primary N) is 1. The zero-order valence-electron chi connectivity index (χ0n) is 7.95. The van der Waals surface area contributed by atoms with E-state index >= 15 is 0 Å². The minimum absolute atomic E-state index is 0.636. The topological polar surface area (TPSA) is 38.4 Å². The van der Waals surface area contributed by atoms with Crippen molar-refractivity contribution in [1.29, 1.82) is 0 Å². The van der Waals surface area contributed by atoms with Crippen molar-refractivity contribution in [2.45, 2.75) is 13.8 Å². The van der Waals surface area contributed by atoms with Crippen LogP contribution in [0.1, 0.15) is 12.5 Å². The fourth-order valence-corrected chi connectivity index (χ4v) is 1.45. The molecule has 0 spiro atoms. The Hall–Kier alpha value is -0.960. The number of hydrogen-bond donors (Lipinski definition) is 1. The monoisotopic (exact) mass is 194 g/mol. The van der Waals surface area contributed by atoms with Crippen LogP contribution >= 0.6 is 11.8 Å². The second kappa shape index (κ2) is 4.92. The van der Waals surface area contributed by atoms with Crippen LogP contribution in [0.3, 0.4) is 0 Å². The molecule has 0 saturated heterocycles. The SMILES string of the molecule is CCSC(N)=Nc1ccccc1C. The van der Waals surface area contributed by atoms with Gasteiger partial charge < -0.3 is 5.73 Å². The van der Waals surface area contributed by atoms with Gasteiger partial charge in [-0.05, 0) is 24.3 Å². The molecule has 0 radical (unpaired) electrons. The minimum Gasteiger partial charge on any atom is -0.378 e. The van der Waals surface area contributed by atoms with Crippen LogP contribution in [0.25, 0.3) is 0 Å². The zero-order chi connectivity index (χ0) is 9.68. The fraction of sp³-hybridized carbons (Fsp3) is 0.300. The average molecular weight is 194 g/mol.